The fourth-order valence-corrected chi connectivity index (χ4v) is 3.52. The molecule has 1 saturated heterocycles. The second kappa shape index (κ2) is 11.5. The maximum Gasteiger partial charge on any atom is 0.378 e. The monoisotopic (exact) mass is 336 g/mol. The van der Waals surface area contributed by atoms with Gasteiger partial charge in [0.1, 0.15) is 0 Å². The molecule has 2 unspecified atom stereocenters. The molecule has 0 aliphatic carbocycles. The molecule has 0 saturated carbocycles. The standard InChI is InChI=1S/C18H33BN2O3/c1-4-7-9-15(18(23)24-19)11-13-20-12-8-10-16(14-20)17(22)21(5-2)6-3/h15-16H,4-14H2,1-3H3. The van der Waals surface area contributed by atoms with Crippen molar-refractivity contribution in [1.29, 1.82) is 0 Å². The van der Waals surface area contributed by atoms with E-state index in [-0.39, 0.29) is 23.7 Å². The summed E-state index contributed by atoms with van der Waals surface area (Å²) in [5.74, 6) is -0.0761. The SMILES string of the molecule is [B]OC(=O)C(CCCC)CCN1CCCC(C(=O)N(CC)CC)C1. The van der Waals surface area contributed by atoms with Crippen molar-refractivity contribution in [3.8, 4) is 0 Å². The molecule has 1 fully saturated rings. The summed E-state index contributed by atoms with van der Waals surface area (Å²) in [5.41, 5.74) is 0. The first-order valence-corrected chi connectivity index (χ1v) is 9.48. The number of hydrogen-bond donors (Lipinski definition) is 0. The van der Waals surface area contributed by atoms with E-state index in [4.69, 9.17) is 8.05 Å². The Balaban J connectivity index is 2.51. The molecule has 1 amide bonds. The van der Waals surface area contributed by atoms with Gasteiger partial charge in [-0.2, -0.15) is 0 Å². The van der Waals surface area contributed by atoms with Crippen molar-refractivity contribution in [3.05, 3.63) is 0 Å². The van der Waals surface area contributed by atoms with E-state index in [1.165, 1.54) is 0 Å². The van der Waals surface area contributed by atoms with Gasteiger partial charge in [-0.1, -0.05) is 19.8 Å². The van der Waals surface area contributed by atoms with Gasteiger partial charge in [0.25, 0.3) is 5.97 Å². The van der Waals surface area contributed by atoms with E-state index in [2.05, 4.69) is 16.5 Å². The molecule has 0 N–H and O–H groups in total. The van der Waals surface area contributed by atoms with Gasteiger partial charge in [-0.25, -0.2) is 0 Å². The lowest BCUT2D eigenvalue weighted by Crippen LogP contribution is -2.45. The Bertz CT molecular complexity index is 388. The zero-order valence-corrected chi connectivity index (χ0v) is 15.6. The van der Waals surface area contributed by atoms with E-state index in [1.54, 1.807) is 0 Å². The Labute approximate surface area is 148 Å². The first kappa shape index (κ1) is 21.0. The van der Waals surface area contributed by atoms with Crippen LogP contribution in [0.2, 0.25) is 0 Å². The van der Waals surface area contributed by atoms with Gasteiger partial charge in [-0.05, 0) is 52.6 Å². The van der Waals surface area contributed by atoms with Gasteiger partial charge in [-0.15, -0.1) is 0 Å². The zero-order chi connectivity index (χ0) is 17.9. The molecule has 24 heavy (non-hydrogen) atoms. The van der Waals surface area contributed by atoms with Crippen LogP contribution in [-0.4, -0.2) is 62.4 Å². The van der Waals surface area contributed by atoms with Crippen LogP contribution < -0.4 is 0 Å². The van der Waals surface area contributed by atoms with Crippen LogP contribution in [0, 0.1) is 11.8 Å². The van der Waals surface area contributed by atoms with E-state index in [0.29, 0.717) is 0 Å². The molecular formula is C18H33BN2O3. The van der Waals surface area contributed by atoms with Crippen LogP contribution in [0.25, 0.3) is 0 Å². The molecule has 1 rings (SSSR count). The fourth-order valence-electron chi connectivity index (χ4n) is 3.52. The molecule has 6 heteroatoms. The van der Waals surface area contributed by atoms with Crippen LogP contribution in [0.15, 0.2) is 0 Å². The maximum atomic E-state index is 12.5. The molecule has 0 spiro atoms. The first-order chi connectivity index (χ1) is 11.6. The van der Waals surface area contributed by atoms with Gasteiger partial charge in [-0.3, -0.25) is 9.59 Å². The van der Waals surface area contributed by atoms with E-state index < -0.39 is 0 Å². The number of piperidine rings is 1. The highest BCUT2D eigenvalue weighted by atomic mass is 16.5. The number of hydrogen-bond acceptors (Lipinski definition) is 4. The fraction of sp³-hybridized carbons (Fsp3) is 0.889. The van der Waals surface area contributed by atoms with Crippen molar-refractivity contribution in [3.63, 3.8) is 0 Å². The number of amides is 1. The quantitative estimate of drug-likeness (QED) is 0.575. The summed E-state index contributed by atoms with van der Waals surface area (Å²) in [6.45, 7) is 10.3. The minimum atomic E-state index is -0.309. The summed E-state index contributed by atoms with van der Waals surface area (Å²) in [6, 6.07) is 0. The molecular weight excluding hydrogens is 303 g/mol. The summed E-state index contributed by atoms with van der Waals surface area (Å²) < 4.78 is 4.45. The highest BCUT2D eigenvalue weighted by Crippen LogP contribution is 2.21. The Morgan fingerprint density at radius 2 is 1.96 bits per heavy atom. The Morgan fingerprint density at radius 1 is 1.25 bits per heavy atom. The third-order valence-corrected chi connectivity index (χ3v) is 5.08. The highest BCUT2D eigenvalue weighted by molar-refractivity contribution is 6.05. The molecule has 0 aromatic carbocycles. The van der Waals surface area contributed by atoms with Gasteiger partial charge in [0.15, 0.2) is 0 Å². The van der Waals surface area contributed by atoms with Gasteiger partial charge < -0.3 is 14.5 Å². The molecule has 5 nitrogen and oxygen atoms in total. The van der Waals surface area contributed by atoms with Crippen molar-refractivity contribution >= 4 is 19.9 Å². The van der Waals surface area contributed by atoms with Crippen molar-refractivity contribution in [1.82, 2.24) is 9.80 Å². The van der Waals surface area contributed by atoms with Gasteiger partial charge in [0.05, 0.1) is 11.8 Å². The number of likely N-dealkylation sites (tertiary alicyclic amines) is 1. The Hall–Kier alpha value is -1.04. The summed E-state index contributed by atoms with van der Waals surface area (Å²) in [7, 11) is 5.07. The predicted octanol–water partition coefficient (Wildman–Crippen LogP) is 2.39. The summed E-state index contributed by atoms with van der Waals surface area (Å²) in [4.78, 5) is 28.6. The number of unbranched alkanes of at least 4 members (excludes halogenated alkanes) is 1. The Morgan fingerprint density at radius 3 is 2.54 bits per heavy atom. The van der Waals surface area contributed by atoms with Gasteiger partial charge >= 0.3 is 8.05 Å². The summed E-state index contributed by atoms with van der Waals surface area (Å²) in [5, 5.41) is 0. The van der Waals surface area contributed by atoms with Gasteiger partial charge in [0.2, 0.25) is 5.91 Å². The van der Waals surface area contributed by atoms with Crippen molar-refractivity contribution < 1.29 is 14.2 Å². The largest absolute Gasteiger partial charge is 0.543 e. The average molecular weight is 336 g/mol. The molecule has 2 radical (unpaired) electrons. The Kier molecular flexibility index (Phi) is 10.1. The third kappa shape index (κ3) is 6.46. The molecule has 0 aromatic rings. The van der Waals surface area contributed by atoms with E-state index in [0.717, 1.165) is 71.2 Å². The first-order valence-electron chi connectivity index (χ1n) is 9.48. The lowest BCUT2D eigenvalue weighted by Gasteiger charge is -2.35. The molecule has 0 aromatic heterocycles. The van der Waals surface area contributed by atoms with E-state index >= 15 is 0 Å². The number of carbonyl (C=O) groups excluding carboxylic acids is 2. The normalized spacial score (nSPS) is 19.7. The van der Waals surface area contributed by atoms with Crippen LogP contribution in [0.1, 0.15) is 59.3 Å². The van der Waals surface area contributed by atoms with Crippen LogP contribution in [-0.2, 0) is 14.2 Å². The molecule has 1 aliphatic rings. The minimum absolute atomic E-state index is 0.0919. The van der Waals surface area contributed by atoms with Gasteiger partial charge in [0, 0.05) is 19.6 Å². The molecule has 1 aliphatic heterocycles. The average Bonchev–Trinajstić information content (AvgIpc) is 2.62. The topological polar surface area (TPSA) is 49.9 Å². The highest BCUT2D eigenvalue weighted by Gasteiger charge is 2.29. The number of carbonyl (C=O) groups is 2. The van der Waals surface area contributed by atoms with E-state index in [1.807, 2.05) is 18.7 Å². The second-order valence-corrected chi connectivity index (χ2v) is 6.72. The molecule has 2 atom stereocenters. The summed E-state index contributed by atoms with van der Waals surface area (Å²) >= 11 is 0. The van der Waals surface area contributed by atoms with Crippen molar-refractivity contribution in [2.75, 3.05) is 32.7 Å². The maximum absolute atomic E-state index is 12.5. The summed E-state index contributed by atoms with van der Waals surface area (Å²) in [6.07, 6.45) is 5.64. The minimum Gasteiger partial charge on any atom is -0.543 e. The second-order valence-electron chi connectivity index (χ2n) is 6.72. The van der Waals surface area contributed by atoms with Crippen LogP contribution >= 0.6 is 0 Å². The smallest absolute Gasteiger partial charge is 0.378 e. The lowest BCUT2D eigenvalue weighted by molar-refractivity contribution is -0.140. The molecule has 136 valence electrons. The predicted molar refractivity (Wildman–Crippen MR) is 96.6 cm³/mol. The molecule has 1 heterocycles. The zero-order valence-electron chi connectivity index (χ0n) is 15.6. The van der Waals surface area contributed by atoms with Crippen molar-refractivity contribution in [2.45, 2.75) is 59.3 Å². The molecule has 0 bridgehead atoms. The van der Waals surface area contributed by atoms with Crippen molar-refractivity contribution in [2.24, 2.45) is 11.8 Å². The number of nitrogens with zero attached hydrogens (tertiary/aromatic N) is 2. The van der Waals surface area contributed by atoms with Crippen LogP contribution in [0.3, 0.4) is 0 Å². The lowest BCUT2D eigenvalue weighted by atomic mass is 9.94. The van der Waals surface area contributed by atoms with E-state index in [9.17, 15) is 9.59 Å². The van der Waals surface area contributed by atoms with Crippen LogP contribution in [0.4, 0.5) is 0 Å². The third-order valence-electron chi connectivity index (χ3n) is 5.08. The number of rotatable bonds is 10. The van der Waals surface area contributed by atoms with Crippen LogP contribution in [0.5, 0.6) is 0 Å².